The molecule has 1 saturated heterocycles. The van der Waals surface area contributed by atoms with Gasteiger partial charge >= 0.3 is 5.97 Å². The molecule has 4 nitrogen and oxygen atoms in total. The smallest absolute Gasteiger partial charge is 0.328 e. The number of aliphatic carboxylic acids is 1. The molecule has 102 valence electrons. The molecule has 0 amide bonds. The summed E-state index contributed by atoms with van der Waals surface area (Å²) in [4.78, 5) is 12.9. The lowest BCUT2D eigenvalue weighted by molar-refractivity contribution is -0.131. The van der Waals surface area contributed by atoms with Gasteiger partial charge in [-0.15, -0.1) is 0 Å². The first kappa shape index (κ1) is 13.8. The summed E-state index contributed by atoms with van der Waals surface area (Å²) in [5, 5.41) is 18.0. The zero-order chi connectivity index (χ0) is 13.7. The molecule has 1 fully saturated rings. The Bertz CT molecular complexity index is 470. The minimum Gasteiger partial charge on any atom is -0.478 e. The van der Waals surface area contributed by atoms with Gasteiger partial charge in [0.2, 0.25) is 0 Å². The van der Waals surface area contributed by atoms with E-state index in [-0.39, 0.29) is 12.6 Å². The first-order chi connectivity index (χ1) is 9.20. The van der Waals surface area contributed by atoms with E-state index in [1.807, 2.05) is 24.3 Å². The van der Waals surface area contributed by atoms with Gasteiger partial charge in [-0.2, -0.15) is 0 Å². The summed E-state index contributed by atoms with van der Waals surface area (Å²) in [5.41, 5.74) is 2.02. The highest BCUT2D eigenvalue weighted by atomic mass is 16.4. The number of carboxylic acid groups (broad SMARTS) is 1. The maximum Gasteiger partial charge on any atom is 0.328 e. The van der Waals surface area contributed by atoms with E-state index in [9.17, 15) is 9.90 Å². The van der Waals surface area contributed by atoms with Crippen LogP contribution in [-0.4, -0.2) is 40.3 Å². The lowest BCUT2D eigenvalue weighted by Crippen LogP contribution is -2.31. The minimum atomic E-state index is -0.941. The molecule has 0 spiro atoms. The highest BCUT2D eigenvalue weighted by Gasteiger charge is 2.23. The number of hydrogen-bond donors (Lipinski definition) is 2. The maximum absolute atomic E-state index is 10.6. The van der Waals surface area contributed by atoms with Gasteiger partial charge in [0.05, 0.1) is 6.61 Å². The Hall–Kier alpha value is -1.65. The van der Waals surface area contributed by atoms with Gasteiger partial charge in [0.1, 0.15) is 0 Å². The summed E-state index contributed by atoms with van der Waals surface area (Å²) in [5.74, 6) is -0.941. The van der Waals surface area contributed by atoms with Crippen LogP contribution in [0, 0.1) is 0 Å². The molecular weight excluding hydrogens is 242 g/mol. The zero-order valence-corrected chi connectivity index (χ0v) is 10.8. The lowest BCUT2D eigenvalue weighted by atomic mass is 10.1. The fourth-order valence-corrected chi connectivity index (χ4v) is 2.53. The highest BCUT2D eigenvalue weighted by Crippen LogP contribution is 2.21. The first-order valence-electron chi connectivity index (χ1n) is 6.54. The summed E-state index contributed by atoms with van der Waals surface area (Å²) in [6.45, 7) is 1.93. The molecule has 2 N–H and O–H groups in total. The number of nitrogens with zero attached hydrogens (tertiary/aromatic N) is 1. The SMILES string of the molecule is O=C(O)C=Cc1ccccc1CN1CCCC1CO. The number of aliphatic hydroxyl groups is 1. The molecule has 0 saturated carbocycles. The fourth-order valence-electron chi connectivity index (χ4n) is 2.53. The van der Waals surface area contributed by atoms with Crippen molar-refractivity contribution in [3.63, 3.8) is 0 Å². The molecule has 0 aromatic heterocycles. The van der Waals surface area contributed by atoms with Crippen molar-refractivity contribution in [3.05, 3.63) is 41.5 Å². The number of rotatable bonds is 5. The van der Waals surface area contributed by atoms with Gasteiger partial charge < -0.3 is 10.2 Å². The van der Waals surface area contributed by atoms with E-state index in [1.165, 1.54) is 0 Å². The van der Waals surface area contributed by atoms with Crippen LogP contribution in [0.4, 0.5) is 0 Å². The Balaban J connectivity index is 2.13. The Morgan fingerprint density at radius 1 is 1.42 bits per heavy atom. The quantitative estimate of drug-likeness (QED) is 0.793. The average molecular weight is 261 g/mol. The summed E-state index contributed by atoms with van der Waals surface area (Å²) < 4.78 is 0. The molecule has 0 bridgehead atoms. The number of carbonyl (C=O) groups is 1. The van der Waals surface area contributed by atoms with Gasteiger partial charge in [-0.05, 0) is 36.6 Å². The van der Waals surface area contributed by atoms with Gasteiger partial charge in [-0.25, -0.2) is 4.79 Å². The molecule has 0 aliphatic carbocycles. The summed E-state index contributed by atoms with van der Waals surface area (Å²) in [6, 6.07) is 8.01. The van der Waals surface area contributed by atoms with E-state index in [0.717, 1.165) is 43.1 Å². The van der Waals surface area contributed by atoms with E-state index < -0.39 is 5.97 Å². The van der Waals surface area contributed by atoms with Gasteiger partial charge in [0.15, 0.2) is 0 Å². The molecule has 0 radical (unpaired) electrons. The molecular formula is C15H19NO3. The van der Waals surface area contributed by atoms with Gasteiger partial charge in [0, 0.05) is 18.7 Å². The molecule has 1 aromatic rings. The zero-order valence-electron chi connectivity index (χ0n) is 10.8. The number of hydrogen-bond acceptors (Lipinski definition) is 3. The van der Waals surface area contributed by atoms with Crippen LogP contribution in [-0.2, 0) is 11.3 Å². The predicted molar refractivity (Wildman–Crippen MR) is 73.6 cm³/mol. The summed E-state index contributed by atoms with van der Waals surface area (Å²) in [6.07, 6.45) is 4.93. The van der Waals surface area contributed by atoms with E-state index in [4.69, 9.17) is 5.11 Å². The van der Waals surface area contributed by atoms with E-state index in [2.05, 4.69) is 4.90 Å². The van der Waals surface area contributed by atoms with Crippen molar-refractivity contribution in [2.45, 2.75) is 25.4 Å². The Labute approximate surface area is 113 Å². The average Bonchev–Trinajstić information content (AvgIpc) is 2.85. The monoisotopic (exact) mass is 261 g/mol. The molecule has 1 aliphatic heterocycles. The van der Waals surface area contributed by atoms with Crippen molar-refractivity contribution in [1.82, 2.24) is 4.90 Å². The molecule has 19 heavy (non-hydrogen) atoms. The predicted octanol–water partition coefficient (Wildman–Crippen LogP) is 1.74. The van der Waals surface area contributed by atoms with Crippen LogP contribution in [0.25, 0.3) is 6.08 Å². The van der Waals surface area contributed by atoms with Crippen LogP contribution >= 0.6 is 0 Å². The van der Waals surface area contributed by atoms with Crippen molar-refractivity contribution in [3.8, 4) is 0 Å². The Kier molecular flexibility index (Phi) is 4.71. The Morgan fingerprint density at radius 3 is 2.95 bits per heavy atom. The molecule has 1 aromatic carbocycles. The van der Waals surface area contributed by atoms with Crippen molar-refractivity contribution < 1.29 is 15.0 Å². The first-order valence-corrected chi connectivity index (χ1v) is 6.54. The van der Waals surface area contributed by atoms with Crippen LogP contribution in [0.5, 0.6) is 0 Å². The van der Waals surface area contributed by atoms with E-state index >= 15 is 0 Å². The Morgan fingerprint density at radius 2 is 2.21 bits per heavy atom. The van der Waals surface area contributed by atoms with Crippen LogP contribution in [0.3, 0.4) is 0 Å². The summed E-state index contributed by atoms with van der Waals surface area (Å²) >= 11 is 0. The van der Waals surface area contributed by atoms with E-state index in [1.54, 1.807) is 6.08 Å². The second kappa shape index (κ2) is 6.50. The van der Waals surface area contributed by atoms with Crippen molar-refractivity contribution in [1.29, 1.82) is 0 Å². The molecule has 1 unspecified atom stereocenters. The summed E-state index contributed by atoms with van der Waals surface area (Å²) in [7, 11) is 0. The third kappa shape index (κ3) is 3.66. The van der Waals surface area contributed by atoms with Gasteiger partial charge in [-0.1, -0.05) is 24.3 Å². The van der Waals surface area contributed by atoms with Gasteiger partial charge in [-0.3, -0.25) is 4.90 Å². The lowest BCUT2D eigenvalue weighted by Gasteiger charge is -2.23. The molecule has 4 heteroatoms. The van der Waals surface area contributed by atoms with E-state index in [0.29, 0.717) is 0 Å². The third-order valence-electron chi connectivity index (χ3n) is 3.54. The fraction of sp³-hybridized carbons (Fsp3) is 0.400. The molecule has 1 aliphatic rings. The number of aliphatic hydroxyl groups excluding tert-OH is 1. The van der Waals surface area contributed by atoms with Crippen LogP contribution in [0.15, 0.2) is 30.3 Å². The molecule has 1 heterocycles. The van der Waals surface area contributed by atoms with Gasteiger partial charge in [0.25, 0.3) is 0 Å². The second-order valence-corrected chi connectivity index (χ2v) is 4.82. The van der Waals surface area contributed by atoms with Crippen LogP contribution in [0.1, 0.15) is 24.0 Å². The maximum atomic E-state index is 10.6. The molecule has 2 rings (SSSR count). The van der Waals surface area contributed by atoms with Crippen molar-refractivity contribution in [2.75, 3.05) is 13.2 Å². The topological polar surface area (TPSA) is 60.8 Å². The largest absolute Gasteiger partial charge is 0.478 e. The standard InChI is InChI=1S/C15H19NO3/c17-11-14-6-3-9-16(14)10-13-5-2-1-4-12(13)7-8-15(18)19/h1-2,4-5,7-8,14,17H,3,6,9-11H2,(H,18,19). The highest BCUT2D eigenvalue weighted by molar-refractivity contribution is 5.85. The molecule has 1 atom stereocenters. The number of likely N-dealkylation sites (tertiary alicyclic amines) is 1. The van der Waals surface area contributed by atoms with Crippen molar-refractivity contribution in [2.24, 2.45) is 0 Å². The normalized spacial score (nSPS) is 20.2. The number of carboxylic acids is 1. The second-order valence-electron chi connectivity index (χ2n) is 4.82. The minimum absolute atomic E-state index is 0.188. The third-order valence-corrected chi connectivity index (χ3v) is 3.54. The number of benzene rings is 1. The van der Waals surface area contributed by atoms with Crippen molar-refractivity contribution >= 4 is 12.0 Å². The van der Waals surface area contributed by atoms with Crippen LogP contribution in [0.2, 0.25) is 0 Å². The van der Waals surface area contributed by atoms with Crippen LogP contribution < -0.4 is 0 Å².